The van der Waals surface area contributed by atoms with E-state index in [0.717, 1.165) is 28.5 Å². The topological polar surface area (TPSA) is 38.9 Å². The molecule has 1 atom stereocenters. The van der Waals surface area contributed by atoms with Gasteiger partial charge >= 0.3 is 0 Å². The molecule has 27 heavy (non-hydrogen) atoms. The Labute approximate surface area is 167 Å². The zero-order valence-electron chi connectivity index (χ0n) is 16.9. The van der Waals surface area contributed by atoms with Crippen molar-refractivity contribution in [3.8, 4) is 0 Å². The number of nitrogens with zero attached hydrogens (tertiary/aromatic N) is 1. The van der Waals surface area contributed by atoms with Crippen LogP contribution >= 0.6 is 11.3 Å². The lowest BCUT2D eigenvalue weighted by Gasteiger charge is -2.34. The Balaban J connectivity index is 0.000000253. The van der Waals surface area contributed by atoms with Crippen LogP contribution < -0.4 is 5.73 Å². The summed E-state index contributed by atoms with van der Waals surface area (Å²) < 4.78 is 0. The summed E-state index contributed by atoms with van der Waals surface area (Å²) in [7, 11) is 0. The van der Waals surface area contributed by atoms with Crippen LogP contribution in [0.4, 0.5) is 0 Å². The largest absolute Gasteiger partial charge is 0.398 e. The Morgan fingerprint density at radius 1 is 1.19 bits per heavy atom. The molecule has 2 N–H and O–H groups in total. The van der Waals surface area contributed by atoms with E-state index >= 15 is 0 Å². The zero-order chi connectivity index (χ0) is 19.6. The molecule has 0 fully saturated rings. The Morgan fingerprint density at radius 3 is 2.44 bits per heavy atom. The van der Waals surface area contributed by atoms with E-state index in [1.54, 1.807) is 11.3 Å². The van der Waals surface area contributed by atoms with Gasteiger partial charge in [-0.15, -0.1) is 11.3 Å². The summed E-state index contributed by atoms with van der Waals surface area (Å²) >= 11 is 1.65. The molecule has 3 aromatic rings. The Morgan fingerprint density at radius 2 is 1.89 bits per heavy atom. The number of hydrogen-bond donors (Lipinski definition) is 1. The van der Waals surface area contributed by atoms with Crippen molar-refractivity contribution < 1.29 is 0 Å². The highest BCUT2D eigenvalue weighted by atomic mass is 32.1. The van der Waals surface area contributed by atoms with E-state index < -0.39 is 0 Å². The lowest BCUT2D eigenvalue weighted by atomic mass is 9.71. The lowest BCUT2D eigenvalue weighted by molar-refractivity contribution is 0.215. The maximum atomic E-state index is 5.80. The van der Waals surface area contributed by atoms with Gasteiger partial charge in [0.05, 0.1) is 4.88 Å². The van der Waals surface area contributed by atoms with Crippen molar-refractivity contribution >= 4 is 27.3 Å². The number of aromatic nitrogens is 1. The van der Waals surface area contributed by atoms with Crippen LogP contribution in [-0.4, -0.2) is 4.98 Å². The van der Waals surface area contributed by atoms with Crippen LogP contribution in [0.2, 0.25) is 0 Å². The van der Waals surface area contributed by atoms with Gasteiger partial charge in [-0.25, -0.2) is 4.98 Å². The number of thiophene rings is 1. The second-order valence-electron chi connectivity index (χ2n) is 8.58. The molecule has 0 spiro atoms. The molecule has 2 heterocycles. The van der Waals surface area contributed by atoms with E-state index in [9.17, 15) is 0 Å². The molecule has 1 aromatic carbocycles. The van der Waals surface area contributed by atoms with Gasteiger partial charge in [-0.2, -0.15) is 0 Å². The monoisotopic (exact) mass is 378 g/mol. The third-order valence-electron chi connectivity index (χ3n) is 5.35. The van der Waals surface area contributed by atoms with Crippen LogP contribution in [0.15, 0.2) is 49.0 Å². The van der Waals surface area contributed by atoms with Gasteiger partial charge in [0.15, 0.2) is 0 Å². The number of fused-ring (bicyclic) bond motifs is 2. The van der Waals surface area contributed by atoms with Crippen LogP contribution in [0.5, 0.6) is 0 Å². The van der Waals surface area contributed by atoms with Crippen molar-refractivity contribution in [2.24, 2.45) is 17.1 Å². The summed E-state index contributed by atoms with van der Waals surface area (Å²) in [5.74, 6) is 0.747. The lowest BCUT2D eigenvalue weighted by Crippen LogP contribution is -2.27. The fourth-order valence-corrected chi connectivity index (χ4v) is 4.47. The first-order valence-electron chi connectivity index (χ1n) is 9.63. The zero-order valence-corrected chi connectivity index (χ0v) is 17.7. The highest BCUT2D eigenvalue weighted by molar-refractivity contribution is 7.19. The number of pyridine rings is 1. The van der Waals surface area contributed by atoms with Crippen molar-refractivity contribution in [1.82, 2.24) is 4.98 Å². The van der Waals surface area contributed by atoms with E-state index in [1.807, 2.05) is 18.2 Å². The molecule has 142 valence electrons. The smallest absolute Gasteiger partial charge is 0.124 e. The van der Waals surface area contributed by atoms with E-state index in [2.05, 4.69) is 58.5 Å². The maximum absolute atomic E-state index is 5.80. The average Bonchev–Trinajstić information content (AvgIpc) is 3.03. The normalized spacial score (nSPS) is 16.4. The van der Waals surface area contributed by atoms with Crippen LogP contribution in [0.3, 0.4) is 0 Å². The van der Waals surface area contributed by atoms with Gasteiger partial charge in [0.25, 0.3) is 0 Å². The maximum Gasteiger partial charge on any atom is 0.124 e. The Kier molecular flexibility index (Phi) is 5.71. The highest BCUT2D eigenvalue weighted by Gasteiger charge is 2.29. The van der Waals surface area contributed by atoms with Gasteiger partial charge < -0.3 is 5.73 Å². The molecule has 1 unspecified atom stereocenters. The number of aryl methyl sites for hydroxylation is 2. The number of rotatable bonds is 1. The minimum absolute atomic E-state index is 0.373. The predicted molar refractivity (Wildman–Crippen MR) is 119 cm³/mol. The van der Waals surface area contributed by atoms with Crippen LogP contribution in [-0.2, 0) is 12.8 Å². The van der Waals surface area contributed by atoms with Gasteiger partial charge in [0.1, 0.15) is 4.83 Å². The molecule has 0 saturated heterocycles. The van der Waals surface area contributed by atoms with Crippen molar-refractivity contribution in [2.75, 3.05) is 0 Å². The molecule has 1 aliphatic carbocycles. The molecule has 0 aliphatic heterocycles. The molecular weight excluding hydrogens is 348 g/mol. The summed E-state index contributed by atoms with van der Waals surface area (Å²) in [5, 5.41) is 1.21. The minimum atomic E-state index is 0.373. The quantitative estimate of drug-likeness (QED) is 0.534. The second kappa shape index (κ2) is 7.85. The Hall–Kier alpha value is -2.13. The highest BCUT2D eigenvalue weighted by Crippen LogP contribution is 2.38. The third-order valence-corrected chi connectivity index (χ3v) is 6.47. The molecular formula is C24H30N2S. The first-order valence-corrected chi connectivity index (χ1v) is 10.4. The van der Waals surface area contributed by atoms with Crippen LogP contribution in [0, 0.1) is 18.3 Å². The van der Waals surface area contributed by atoms with E-state index in [1.165, 1.54) is 28.6 Å². The van der Waals surface area contributed by atoms with Gasteiger partial charge in [0, 0.05) is 16.8 Å². The van der Waals surface area contributed by atoms with Crippen molar-refractivity contribution in [2.45, 2.75) is 47.0 Å². The summed E-state index contributed by atoms with van der Waals surface area (Å²) in [6, 6.07) is 14.7. The summed E-state index contributed by atoms with van der Waals surface area (Å²) in [5.41, 5.74) is 10.8. The summed E-state index contributed by atoms with van der Waals surface area (Å²) in [4.78, 5) is 7.00. The van der Waals surface area contributed by atoms with Gasteiger partial charge in [-0.1, -0.05) is 63.2 Å². The minimum Gasteiger partial charge on any atom is -0.398 e. The Bertz CT molecular complexity index is 932. The van der Waals surface area contributed by atoms with E-state index in [-0.39, 0.29) is 0 Å². The first kappa shape index (κ1) is 19.6. The molecule has 0 saturated carbocycles. The first-order chi connectivity index (χ1) is 12.7. The van der Waals surface area contributed by atoms with Crippen molar-refractivity contribution in [3.05, 3.63) is 70.7 Å². The summed E-state index contributed by atoms with van der Waals surface area (Å²) in [6.07, 6.45) is 3.50. The summed E-state index contributed by atoms with van der Waals surface area (Å²) in [6.45, 7) is 12.9. The SMILES string of the molecule is C=C(N)c1cc2cc3c(nc2s1)CCC(C(C)(C)C)C3.Cc1ccccc1. The van der Waals surface area contributed by atoms with Crippen LogP contribution in [0.25, 0.3) is 15.9 Å². The van der Waals surface area contributed by atoms with Crippen molar-refractivity contribution in [1.29, 1.82) is 0 Å². The number of benzene rings is 1. The van der Waals surface area contributed by atoms with Crippen molar-refractivity contribution in [3.63, 3.8) is 0 Å². The molecule has 0 bridgehead atoms. The molecule has 0 radical (unpaired) electrons. The molecule has 2 nitrogen and oxygen atoms in total. The molecule has 3 heteroatoms. The standard InChI is InChI=1S/C17H22N2S.C7H8/c1-10(18)15-9-12-7-11-8-13(17(2,3)4)5-6-14(11)19-16(12)20-15;1-7-5-3-2-4-6-7/h7,9,13H,1,5-6,8,18H2,2-4H3;2-6H,1H3. The number of nitrogens with two attached hydrogens (primary N) is 1. The molecule has 2 aromatic heterocycles. The average molecular weight is 379 g/mol. The molecule has 1 aliphatic rings. The van der Waals surface area contributed by atoms with Gasteiger partial charge in [-0.05, 0) is 55.2 Å². The number of hydrogen-bond acceptors (Lipinski definition) is 3. The van der Waals surface area contributed by atoms with Gasteiger partial charge in [0.2, 0.25) is 0 Å². The van der Waals surface area contributed by atoms with E-state index in [4.69, 9.17) is 10.7 Å². The van der Waals surface area contributed by atoms with Crippen LogP contribution in [0.1, 0.15) is 48.9 Å². The predicted octanol–water partition coefficient (Wildman–Crippen LogP) is 6.37. The fraction of sp³-hybridized carbons (Fsp3) is 0.375. The molecule has 4 rings (SSSR count). The second-order valence-corrected chi connectivity index (χ2v) is 9.62. The van der Waals surface area contributed by atoms with E-state index in [0.29, 0.717) is 11.1 Å². The molecule has 0 amide bonds. The fourth-order valence-electron chi connectivity index (χ4n) is 3.56. The third kappa shape index (κ3) is 4.78. The van der Waals surface area contributed by atoms with Gasteiger partial charge in [-0.3, -0.25) is 0 Å².